The highest BCUT2D eigenvalue weighted by molar-refractivity contribution is 8.76. The van der Waals surface area contributed by atoms with E-state index in [0.29, 0.717) is 113 Å². The number of benzene rings is 3. The molecule has 0 radical (unpaired) electrons. The molecule has 8 rings (SSSR count). The lowest BCUT2D eigenvalue weighted by Gasteiger charge is -2.37. The molecule has 560 valence electrons. The first-order valence-electron chi connectivity index (χ1n) is 34.6. The zero-order chi connectivity index (χ0) is 73.6. The van der Waals surface area contributed by atoms with Crippen LogP contribution >= 0.6 is 21.6 Å². The van der Waals surface area contributed by atoms with E-state index in [1.807, 2.05) is 6.07 Å². The SMILES string of the molecule is CC(O)C(NC(=O)[C@@H]1CSSC[C@H](NC(=O)C(Cc2ccccc2)NC(=O)CCCC(=O)NC23CNCCNCC(N)(CNCCNC2)CNCCNC3)C(=O)NC(Cc2ccc(O)cc2)C(=O)NC(Cc2c[nH]c3ccccc23)C(=O)NC(CCCCN)C(=O)NC(C(C)O)C(=O)N1)C(=O)O. The number of phenolic OH excluding ortho intramolecular Hbond substituents is 1. The summed E-state index contributed by atoms with van der Waals surface area (Å²) in [5, 5.41) is 87.6. The number of aliphatic hydroxyl groups is 2. The summed E-state index contributed by atoms with van der Waals surface area (Å²) in [4.78, 5) is 147. The molecule has 102 heavy (non-hydrogen) atoms. The smallest absolute Gasteiger partial charge is 0.328 e. The molecule has 4 aliphatic rings. The Bertz CT molecular complexity index is 3370. The first-order valence-corrected chi connectivity index (χ1v) is 37.1. The molecule has 4 fully saturated rings. The summed E-state index contributed by atoms with van der Waals surface area (Å²) < 4.78 is 0. The molecule has 8 unspecified atom stereocenters. The quantitative estimate of drug-likeness (QED) is 0.0246. The number of unbranched alkanes of at least 4 members (excludes halogenated alkanes) is 1. The average Bonchev–Trinajstić information content (AvgIpc) is 1.59. The number of carbonyl (C=O) groups is 10. The van der Waals surface area contributed by atoms with Crippen LogP contribution < -0.4 is 91.2 Å². The number of carboxylic acid groups (broad SMARTS) is 1. The van der Waals surface area contributed by atoms with Crippen molar-refractivity contribution in [2.75, 3.05) is 96.6 Å². The molecule has 0 aliphatic carbocycles. The number of carbonyl (C=O) groups excluding carboxylic acids is 9. The van der Waals surface area contributed by atoms with Crippen molar-refractivity contribution in [1.29, 1.82) is 0 Å². The lowest BCUT2D eigenvalue weighted by atomic mass is 9.97. The molecule has 9 amide bonds. The van der Waals surface area contributed by atoms with Crippen molar-refractivity contribution >= 4 is 91.6 Å². The van der Waals surface area contributed by atoms with Crippen LogP contribution in [0.3, 0.4) is 0 Å². The number of nitrogens with one attached hydrogen (secondary N) is 16. The van der Waals surface area contributed by atoms with Crippen LogP contribution in [0.5, 0.6) is 5.75 Å². The van der Waals surface area contributed by atoms with Crippen LogP contribution in [-0.4, -0.2) is 253 Å². The second-order valence-corrected chi connectivity index (χ2v) is 28.9. The summed E-state index contributed by atoms with van der Waals surface area (Å²) in [5.41, 5.74) is 13.7. The van der Waals surface area contributed by atoms with Gasteiger partial charge in [0.15, 0.2) is 6.04 Å². The maximum absolute atomic E-state index is 15.3. The molecule has 5 heterocycles. The first kappa shape index (κ1) is 81.3. The Morgan fingerprint density at radius 1 is 0.608 bits per heavy atom. The van der Waals surface area contributed by atoms with Crippen LogP contribution in [-0.2, 0) is 67.2 Å². The Kier molecular flexibility index (Phi) is 32.9. The summed E-state index contributed by atoms with van der Waals surface area (Å²) in [5.74, 6) is -10.2. The molecule has 2 bridgehead atoms. The monoisotopic (exact) mass is 1460 g/mol. The van der Waals surface area contributed by atoms with Gasteiger partial charge in [-0.3, -0.25) is 43.2 Å². The largest absolute Gasteiger partial charge is 0.508 e. The molecule has 10 atom stereocenters. The number of aromatic nitrogens is 1. The third-order valence-electron chi connectivity index (χ3n) is 17.7. The number of hydrogen-bond acceptors (Lipinski definition) is 23. The molecule has 3 aromatic carbocycles. The molecule has 32 nitrogen and oxygen atoms in total. The number of aromatic hydroxyl groups is 1. The Labute approximate surface area is 600 Å². The molecular weight excluding hydrogens is 1360 g/mol. The molecule has 0 saturated carbocycles. The fraction of sp³-hybridized carbons (Fsp3) is 0.559. The van der Waals surface area contributed by atoms with Crippen LogP contribution in [0.2, 0.25) is 0 Å². The van der Waals surface area contributed by atoms with Gasteiger partial charge in [0, 0.05) is 139 Å². The van der Waals surface area contributed by atoms with Gasteiger partial charge in [-0.1, -0.05) is 82.3 Å². The van der Waals surface area contributed by atoms with Crippen LogP contribution in [0.15, 0.2) is 85.1 Å². The number of phenols is 1. The highest BCUT2D eigenvalue weighted by Crippen LogP contribution is 2.25. The van der Waals surface area contributed by atoms with Crippen molar-refractivity contribution in [3.63, 3.8) is 0 Å². The number of aliphatic hydroxyl groups excluding tert-OH is 2. The lowest BCUT2D eigenvalue weighted by molar-refractivity contribution is -0.145. The van der Waals surface area contributed by atoms with Gasteiger partial charge in [-0.25, -0.2) is 4.79 Å². The highest BCUT2D eigenvalue weighted by atomic mass is 33.1. The van der Waals surface area contributed by atoms with E-state index in [0.717, 1.165) is 28.5 Å². The number of fused-ring (bicyclic) bond motifs is 16. The van der Waals surface area contributed by atoms with Gasteiger partial charge in [0.05, 0.1) is 23.3 Å². The van der Waals surface area contributed by atoms with Crippen LogP contribution in [0.4, 0.5) is 0 Å². The van der Waals surface area contributed by atoms with Crippen molar-refractivity contribution in [2.24, 2.45) is 11.5 Å². The van der Waals surface area contributed by atoms with Crippen molar-refractivity contribution in [1.82, 2.24) is 84.7 Å². The number of aliphatic carboxylic acids is 1. The normalized spacial score (nSPS) is 25.0. The van der Waals surface area contributed by atoms with Gasteiger partial charge in [-0.05, 0) is 81.0 Å². The second kappa shape index (κ2) is 41.3. The highest BCUT2D eigenvalue weighted by Gasteiger charge is 2.39. The Hall–Kier alpha value is -8.00. The number of aromatic amines is 1. The maximum atomic E-state index is 15.3. The predicted octanol–water partition coefficient (Wildman–Crippen LogP) is -4.56. The van der Waals surface area contributed by atoms with Crippen LogP contribution in [0, 0.1) is 0 Å². The minimum absolute atomic E-state index is 0.0568. The Balaban J connectivity index is 1.19. The molecule has 34 heteroatoms. The maximum Gasteiger partial charge on any atom is 0.328 e. The van der Waals surface area contributed by atoms with Gasteiger partial charge < -0.3 is 117 Å². The van der Waals surface area contributed by atoms with Crippen LogP contribution in [0.25, 0.3) is 10.9 Å². The second-order valence-electron chi connectivity index (χ2n) is 26.3. The summed E-state index contributed by atoms with van der Waals surface area (Å²) in [7, 11) is 1.76. The lowest BCUT2D eigenvalue weighted by Crippen LogP contribution is -2.67. The number of para-hydroxylation sites is 1. The van der Waals surface area contributed by atoms with Gasteiger partial charge >= 0.3 is 5.97 Å². The number of amides is 9. The van der Waals surface area contributed by atoms with Gasteiger partial charge in [0.25, 0.3) is 0 Å². The number of H-pyrrole nitrogens is 1. The minimum atomic E-state index is -1.88. The fourth-order valence-electron chi connectivity index (χ4n) is 11.9. The number of rotatable bonds is 23. The van der Waals surface area contributed by atoms with Crippen molar-refractivity contribution in [2.45, 2.75) is 143 Å². The summed E-state index contributed by atoms with van der Waals surface area (Å²) in [6.07, 6.45) is -1.76. The van der Waals surface area contributed by atoms with E-state index in [1.54, 1.807) is 54.7 Å². The van der Waals surface area contributed by atoms with E-state index in [9.17, 15) is 54.0 Å². The van der Waals surface area contributed by atoms with E-state index in [4.69, 9.17) is 11.5 Å². The zero-order valence-electron chi connectivity index (χ0n) is 57.7. The summed E-state index contributed by atoms with van der Waals surface area (Å²) >= 11 is 0. The van der Waals surface area contributed by atoms with E-state index < -0.39 is 131 Å². The van der Waals surface area contributed by atoms with Crippen molar-refractivity contribution in [3.05, 3.63) is 102 Å². The van der Waals surface area contributed by atoms with E-state index in [-0.39, 0.29) is 75.3 Å². The van der Waals surface area contributed by atoms with E-state index in [1.165, 1.54) is 31.2 Å². The van der Waals surface area contributed by atoms with Crippen molar-refractivity contribution < 1.29 is 68.4 Å². The zero-order valence-corrected chi connectivity index (χ0v) is 59.3. The van der Waals surface area contributed by atoms with Gasteiger partial charge in [0.1, 0.15) is 48.0 Å². The molecule has 4 aromatic rings. The number of hydrogen-bond donors (Lipinski definition) is 22. The fourth-order valence-corrected chi connectivity index (χ4v) is 14.3. The van der Waals surface area contributed by atoms with Crippen molar-refractivity contribution in [3.8, 4) is 5.75 Å². The third kappa shape index (κ3) is 26.4. The van der Waals surface area contributed by atoms with Gasteiger partial charge in [-0.15, -0.1) is 0 Å². The average molecular weight is 1460 g/mol. The Morgan fingerprint density at radius 3 is 1.77 bits per heavy atom. The topological polar surface area (TPSA) is 500 Å². The Morgan fingerprint density at radius 2 is 1.17 bits per heavy atom. The third-order valence-corrected chi connectivity index (χ3v) is 20.1. The molecule has 4 saturated heterocycles. The number of nitrogens with two attached hydrogens (primary N) is 2. The molecular formula is C68H102N18O14S2. The minimum Gasteiger partial charge on any atom is -0.508 e. The molecule has 1 aromatic heterocycles. The summed E-state index contributed by atoms with van der Waals surface area (Å²) in [6.45, 7) is 9.23. The first-order chi connectivity index (χ1) is 48.9. The van der Waals surface area contributed by atoms with E-state index >= 15 is 14.4 Å². The predicted molar refractivity (Wildman–Crippen MR) is 387 cm³/mol. The van der Waals surface area contributed by atoms with Gasteiger partial charge in [0.2, 0.25) is 53.2 Å². The summed E-state index contributed by atoms with van der Waals surface area (Å²) in [6, 6.07) is 8.87. The van der Waals surface area contributed by atoms with E-state index in [2.05, 4.69) is 84.7 Å². The van der Waals surface area contributed by atoms with Gasteiger partial charge in [-0.2, -0.15) is 0 Å². The van der Waals surface area contributed by atoms with Crippen LogP contribution in [0.1, 0.15) is 69.1 Å². The molecule has 0 spiro atoms. The number of carboxylic acids is 1. The standard InChI is InChI=1S/C68H102N18O14S2/c1-41(87)57-65(98)83-54(64(97)85-58(42(2)88)66(99)100)34-102-101-33-53(63(96)80-51(30-44-18-20-46(89)21-19-44)61(94)81-52(31-45-32-77-48-14-7-6-13-47(45)48)62(95)79-49(59(92)84-57)15-8-9-22-69)82-60(93)50(29-43-11-4-3-5-12-43)78-55(90)16-10-17-56(91)86-68-38-74-26-23-71-35-67(70,36-72-24-27-75-39-68)37-73-25-28-76-40-68/h3-7,11-14,18-21,32,41-42,49-54,57-58,71-77,87-89H,8-10,15-17,22-31,33-40,69-70H2,1-2H3,(H,78,90)(H,79,95)(H,80,96)(H,81,94)(H,82,93)(H,83,98)(H,84,92)(H,85,97)(H,86,91)(H,99,100)/t41?,42?,49?,50?,51?,52?,53-,54-,57?,58?,67?,68?/m0/s1. The molecule has 4 aliphatic heterocycles. The molecule has 24 N–H and O–H groups in total.